The Labute approximate surface area is 122 Å². The molecular formula is C17H16O4. The van der Waals surface area contributed by atoms with Crippen molar-refractivity contribution in [1.82, 2.24) is 0 Å². The number of aliphatic carboxylic acids is 1. The molecule has 4 bridgehead atoms. The van der Waals surface area contributed by atoms with Crippen molar-refractivity contribution in [3.8, 4) is 11.5 Å². The second-order valence-corrected chi connectivity index (χ2v) is 5.58. The molecule has 1 N–H and O–H groups in total. The van der Waals surface area contributed by atoms with Crippen LogP contribution in [0.4, 0.5) is 0 Å². The minimum absolute atomic E-state index is 0.150. The van der Waals surface area contributed by atoms with Crippen LogP contribution in [0.3, 0.4) is 0 Å². The summed E-state index contributed by atoms with van der Waals surface area (Å²) in [5, 5.41) is 9.19. The van der Waals surface area contributed by atoms with Crippen LogP contribution in [0.2, 0.25) is 0 Å². The van der Waals surface area contributed by atoms with Crippen LogP contribution in [-0.4, -0.2) is 17.4 Å². The van der Waals surface area contributed by atoms with Gasteiger partial charge in [-0.25, -0.2) is 4.79 Å². The van der Waals surface area contributed by atoms with Crippen LogP contribution < -0.4 is 9.47 Å². The van der Waals surface area contributed by atoms with Crippen LogP contribution in [0, 0.1) is 0 Å². The van der Waals surface area contributed by atoms with Crippen LogP contribution in [0.15, 0.2) is 48.5 Å². The third-order valence-electron chi connectivity index (χ3n) is 3.84. The second-order valence-electron chi connectivity index (χ2n) is 5.58. The van der Waals surface area contributed by atoms with Gasteiger partial charge >= 0.3 is 12.3 Å². The summed E-state index contributed by atoms with van der Waals surface area (Å²) >= 11 is 0. The molecule has 21 heavy (non-hydrogen) atoms. The van der Waals surface area contributed by atoms with Gasteiger partial charge in [0.2, 0.25) is 0 Å². The standard InChI is InChI=1S/C17H16O4/c1-17(2)11-3-7-13(8-4-11)20-16(15(18)19)21-14-9-5-12(17)6-10-14/h3-10,16H,1-2H3,(H,18,19). The zero-order chi connectivity index (χ0) is 15.0. The van der Waals surface area contributed by atoms with Crippen molar-refractivity contribution < 1.29 is 19.4 Å². The first-order valence-corrected chi connectivity index (χ1v) is 6.74. The molecule has 4 heteroatoms. The number of hydrogen-bond acceptors (Lipinski definition) is 3. The largest absolute Gasteiger partial charge is 0.476 e. The minimum Gasteiger partial charge on any atom is -0.476 e. The molecule has 4 aliphatic rings. The van der Waals surface area contributed by atoms with Gasteiger partial charge in [-0.3, -0.25) is 0 Å². The summed E-state index contributed by atoms with van der Waals surface area (Å²) in [6.45, 7) is 4.29. The molecule has 0 aliphatic carbocycles. The van der Waals surface area contributed by atoms with Crippen molar-refractivity contribution in [2.45, 2.75) is 25.6 Å². The zero-order valence-electron chi connectivity index (χ0n) is 11.9. The van der Waals surface area contributed by atoms with E-state index in [1.165, 1.54) is 0 Å². The Hall–Kier alpha value is -2.49. The molecule has 0 amide bonds. The van der Waals surface area contributed by atoms with E-state index >= 15 is 0 Å². The molecule has 0 aromatic heterocycles. The highest BCUT2D eigenvalue weighted by Crippen LogP contribution is 2.34. The molecule has 2 aromatic rings. The Kier molecular flexibility index (Phi) is 3.09. The maximum absolute atomic E-state index is 11.2. The fourth-order valence-corrected chi connectivity index (χ4v) is 2.44. The summed E-state index contributed by atoms with van der Waals surface area (Å²) in [7, 11) is 0. The van der Waals surface area contributed by atoms with E-state index in [9.17, 15) is 9.90 Å². The maximum Gasteiger partial charge on any atom is 0.387 e. The molecule has 0 atom stereocenters. The van der Waals surface area contributed by atoms with E-state index in [1.54, 1.807) is 24.3 Å². The van der Waals surface area contributed by atoms with Gasteiger partial charge in [0.05, 0.1) is 0 Å². The molecule has 0 unspecified atom stereocenters. The lowest BCUT2D eigenvalue weighted by atomic mass is 9.78. The lowest BCUT2D eigenvalue weighted by Crippen LogP contribution is -2.33. The third-order valence-corrected chi connectivity index (χ3v) is 3.84. The van der Waals surface area contributed by atoms with Crippen molar-refractivity contribution in [3.05, 3.63) is 59.7 Å². The average molecular weight is 284 g/mol. The van der Waals surface area contributed by atoms with E-state index < -0.39 is 12.3 Å². The van der Waals surface area contributed by atoms with Crippen molar-refractivity contribution in [1.29, 1.82) is 0 Å². The van der Waals surface area contributed by atoms with Crippen molar-refractivity contribution in [2.24, 2.45) is 0 Å². The molecule has 0 radical (unpaired) electrons. The summed E-state index contributed by atoms with van der Waals surface area (Å²) < 4.78 is 10.8. The van der Waals surface area contributed by atoms with Gasteiger partial charge in [-0.2, -0.15) is 0 Å². The first-order chi connectivity index (χ1) is 9.96. The van der Waals surface area contributed by atoms with E-state index in [0.29, 0.717) is 11.5 Å². The highest BCUT2D eigenvalue weighted by Gasteiger charge is 2.26. The summed E-state index contributed by atoms with van der Waals surface area (Å²) in [5.74, 6) is -0.227. The van der Waals surface area contributed by atoms with Gasteiger partial charge in [-0.05, 0) is 35.4 Å². The predicted octanol–water partition coefficient (Wildman–Crippen LogP) is 3.19. The Balaban J connectivity index is 2.13. The zero-order valence-corrected chi connectivity index (χ0v) is 11.9. The highest BCUT2D eigenvalue weighted by atomic mass is 16.7. The van der Waals surface area contributed by atoms with Gasteiger partial charge in [0.1, 0.15) is 11.5 Å². The number of ether oxygens (including phenoxy) is 2. The number of hydrogen-bond donors (Lipinski definition) is 1. The summed E-state index contributed by atoms with van der Waals surface area (Å²) in [6, 6.07) is 14.9. The molecule has 4 nitrogen and oxygen atoms in total. The molecule has 6 rings (SSSR count). The predicted molar refractivity (Wildman–Crippen MR) is 77.7 cm³/mol. The first kappa shape index (κ1) is 13.5. The molecule has 2 aromatic carbocycles. The summed E-state index contributed by atoms with van der Waals surface area (Å²) in [6.07, 6.45) is -1.37. The van der Waals surface area contributed by atoms with Gasteiger partial charge < -0.3 is 14.6 Å². The van der Waals surface area contributed by atoms with Gasteiger partial charge in [-0.1, -0.05) is 38.1 Å². The first-order valence-electron chi connectivity index (χ1n) is 6.74. The molecule has 0 spiro atoms. The van der Waals surface area contributed by atoms with Crippen molar-refractivity contribution in [2.75, 3.05) is 0 Å². The van der Waals surface area contributed by atoms with Crippen LogP contribution >= 0.6 is 0 Å². The molecule has 4 aliphatic heterocycles. The number of carboxylic acids is 1. The van der Waals surface area contributed by atoms with Crippen molar-refractivity contribution >= 4 is 5.97 Å². The molecule has 4 heterocycles. The second kappa shape index (κ2) is 4.81. The smallest absolute Gasteiger partial charge is 0.387 e. The van der Waals surface area contributed by atoms with Gasteiger partial charge in [-0.15, -0.1) is 0 Å². The fourth-order valence-electron chi connectivity index (χ4n) is 2.44. The summed E-state index contributed by atoms with van der Waals surface area (Å²) in [4.78, 5) is 11.2. The molecule has 108 valence electrons. The van der Waals surface area contributed by atoms with Crippen LogP contribution in [-0.2, 0) is 10.2 Å². The van der Waals surface area contributed by atoms with Crippen molar-refractivity contribution in [3.63, 3.8) is 0 Å². The molecule has 0 fully saturated rings. The van der Waals surface area contributed by atoms with Gasteiger partial charge in [0, 0.05) is 5.41 Å². The SMILES string of the molecule is CC1(C)c2ccc(cc2)OC(C(=O)O)Oc2ccc1cc2. The topological polar surface area (TPSA) is 55.8 Å². The number of rotatable bonds is 1. The van der Waals surface area contributed by atoms with E-state index in [1.807, 2.05) is 24.3 Å². The Morgan fingerprint density at radius 2 is 1.29 bits per heavy atom. The minimum atomic E-state index is -1.37. The van der Waals surface area contributed by atoms with Crippen LogP contribution in [0.5, 0.6) is 11.5 Å². The number of benzene rings is 2. The maximum atomic E-state index is 11.2. The highest BCUT2D eigenvalue weighted by molar-refractivity contribution is 5.71. The quantitative estimate of drug-likeness (QED) is 0.873. The summed E-state index contributed by atoms with van der Waals surface area (Å²) in [5.41, 5.74) is 2.12. The normalized spacial score (nSPS) is 16.5. The average Bonchev–Trinajstić information content (AvgIpc) is 2.46. The monoisotopic (exact) mass is 284 g/mol. The van der Waals surface area contributed by atoms with Gasteiger partial charge in [0.15, 0.2) is 0 Å². The molecular weight excluding hydrogens is 268 g/mol. The lowest BCUT2D eigenvalue weighted by molar-refractivity contribution is -0.158. The number of carbonyl (C=O) groups is 1. The van der Waals surface area contributed by atoms with Gasteiger partial charge in [0.25, 0.3) is 0 Å². The Morgan fingerprint density at radius 3 is 1.62 bits per heavy atom. The van der Waals surface area contributed by atoms with Crippen LogP contribution in [0.25, 0.3) is 0 Å². The Morgan fingerprint density at radius 1 is 0.905 bits per heavy atom. The molecule has 0 saturated heterocycles. The van der Waals surface area contributed by atoms with E-state index in [2.05, 4.69) is 13.8 Å². The lowest BCUT2D eigenvalue weighted by Gasteiger charge is -2.27. The van der Waals surface area contributed by atoms with E-state index in [4.69, 9.17) is 9.47 Å². The number of carboxylic acid groups (broad SMARTS) is 1. The Bertz CT molecular complexity index is 605. The van der Waals surface area contributed by atoms with E-state index in [-0.39, 0.29) is 5.41 Å². The molecule has 0 saturated carbocycles. The third kappa shape index (κ3) is 2.44. The van der Waals surface area contributed by atoms with E-state index in [0.717, 1.165) is 11.1 Å². The van der Waals surface area contributed by atoms with Crippen LogP contribution in [0.1, 0.15) is 25.0 Å². The fraction of sp³-hybridized carbons (Fsp3) is 0.235.